The number of allylic oxidation sites excluding steroid dienone is 1. The molecule has 1 aliphatic rings. The number of rotatable bonds is 6. The van der Waals surface area contributed by atoms with Crippen molar-refractivity contribution in [1.82, 2.24) is 4.90 Å². The molecule has 2 heteroatoms. The Labute approximate surface area is 151 Å². The zero-order valence-corrected chi connectivity index (χ0v) is 15.0. The highest BCUT2D eigenvalue weighted by Gasteiger charge is 2.25. The number of ketones is 1. The summed E-state index contributed by atoms with van der Waals surface area (Å²) >= 11 is 0. The van der Waals surface area contributed by atoms with E-state index < -0.39 is 0 Å². The van der Waals surface area contributed by atoms with Gasteiger partial charge in [-0.25, -0.2) is 0 Å². The van der Waals surface area contributed by atoms with Crippen molar-refractivity contribution in [3.63, 3.8) is 0 Å². The maximum Gasteiger partial charge on any atom is 0.172 e. The maximum atomic E-state index is 13.5. The first kappa shape index (κ1) is 17.5. The van der Waals surface area contributed by atoms with Gasteiger partial charge < -0.3 is 4.90 Å². The van der Waals surface area contributed by atoms with Gasteiger partial charge in [0.2, 0.25) is 0 Å². The van der Waals surface area contributed by atoms with E-state index in [1.807, 2.05) is 36.4 Å². The lowest BCUT2D eigenvalue weighted by molar-refractivity contribution is -0.116. The molecule has 2 aromatic carbocycles. The molecule has 130 valence electrons. The molecule has 1 aliphatic heterocycles. The fourth-order valence-electron chi connectivity index (χ4n) is 3.57. The summed E-state index contributed by atoms with van der Waals surface area (Å²) in [5.74, 6) is 0.00358. The lowest BCUT2D eigenvalue weighted by Crippen LogP contribution is -2.26. The molecule has 0 aromatic heterocycles. The number of piperidine rings is 1. The Balaban J connectivity index is 1.94. The molecule has 2 aromatic rings. The van der Waals surface area contributed by atoms with Crippen LogP contribution >= 0.6 is 0 Å². The predicted molar refractivity (Wildman–Crippen MR) is 104 cm³/mol. The second-order valence-electron chi connectivity index (χ2n) is 6.72. The van der Waals surface area contributed by atoms with Gasteiger partial charge in [0.05, 0.1) is 5.92 Å². The van der Waals surface area contributed by atoms with E-state index in [0.717, 1.165) is 36.2 Å². The minimum atomic E-state index is -0.224. The lowest BCUT2D eigenvalue weighted by Gasteiger charge is -2.27. The smallest absolute Gasteiger partial charge is 0.172 e. The van der Waals surface area contributed by atoms with Crippen molar-refractivity contribution < 1.29 is 4.79 Å². The standard InChI is InChI=1S/C23H27NO/c1-2-19(18-24-16-10-5-11-17-24)23(25)22(20-12-6-3-7-13-20)21-14-8-4-9-15-21/h3-4,6-9,12-15,18,22H,2,5,10-11,16-17H2,1H3. The molecule has 25 heavy (non-hydrogen) atoms. The van der Waals surface area contributed by atoms with Gasteiger partial charge in [-0.2, -0.15) is 0 Å². The van der Waals surface area contributed by atoms with Crippen LogP contribution in [0.15, 0.2) is 72.4 Å². The highest BCUT2D eigenvalue weighted by Crippen LogP contribution is 2.29. The van der Waals surface area contributed by atoms with Crippen LogP contribution in [0.1, 0.15) is 49.7 Å². The van der Waals surface area contributed by atoms with Crippen molar-refractivity contribution >= 4 is 5.78 Å². The summed E-state index contributed by atoms with van der Waals surface area (Å²) in [6.45, 7) is 4.22. The molecule has 0 spiro atoms. The SMILES string of the molecule is CCC(=CN1CCCCC1)C(=O)C(c1ccccc1)c1ccccc1. The molecule has 0 unspecified atom stereocenters. The Bertz CT molecular complexity index is 660. The molecular weight excluding hydrogens is 306 g/mol. The van der Waals surface area contributed by atoms with Gasteiger partial charge in [0.1, 0.15) is 0 Å². The second-order valence-corrected chi connectivity index (χ2v) is 6.72. The Kier molecular flexibility index (Phi) is 6.05. The molecule has 0 aliphatic carbocycles. The van der Waals surface area contributed by atoms with Gasteiger partial charge in [-0.05, 0) is 36.8 Å². The third kappa shape index (κ3) is 4.39. The second kappa shape index (κ2) is 8.66. The molecule has 2 nitrogen and oxygen atoms in total. The van der Waals surface area contributed by atoms with Gasteiger partial charge in [0.25, 0.3) is 0 Å². The Morgan fingerprint density at radius 1 is 0.920 bits per heavy atom. The predicted octanol–water partition coefficient (Wildman–Crippen LogP) is 5.17. The van der Waals surface area contributed by atoms with Crippen molar-refractivity contribution in [2.24, 2.45) is 0 Å². The first-order chi connectivity index (χ1) is 12.3. The number of hydrogen-bond donors (Lipinski definition) is 0. The summed E-state index contributed by atoms with van der Waals surface area (Å²) in [6.07, 6.45) is 6.65. The summed E-state index contributed by atoms with van der Waals surface area (Å²) in [5, 5.41) is 0. The van der Waals surface area contributed by atoms with Crippen molar-refractivity contribution in [3.05, 3.63) is 83.6 Å². The first-order valence-corrected chi connectivity index (χ1v) is 9.38. The van der Waals surface area contributed by atoms with Crippen LogP contribution in [0.25, 0.3) is 0 Å². The molecule has 3 rings (SSSR count). The first-order valence-electron chi connectivity index (χ1n) is 9.38. The van der Waals surface area contributed by atoms with Crippen molar-refractivity contribution in [1.29, 1.82) is 0 Å². The number of Topliss-reactive ketones (excluding diaryl/α,β-unsaturated/α-hetero) is 1. The average molecular weight is 333 g/mol. The van der Waals surface area contributed by atoms with Gasteiger partial charge in [0, 0.05) is 24.9 Å². The summed E-state index contributed by atoms with van der Waals surface area (Å²) in [6, 6.07) is 20.3. The van der Waals surface area contributed by atoms with Crippen LogP contribution in [0.4, 0.5) is 0 Å². The van der Waals surface area contributed by atoms with E-state index >= 15 is 0 Å². The van der Waals surface area contributed by atoms with Crippen molar-refractivity contribution in [2.75, 3.05) is 13.1 Å². The molecule has 0 bridgehead atoms. The zero-order chi connectivity index (χ0) is 17.5. The van der Waals surface area contributed by atoms with Crippen LogP contribution in [0.3, 0.4) is 0 Å². The number of carbonyl (C=O) groups excluding carboxylic acids is 1. The molecule has 0 amide bonds. The monoisotopic (exact) mass is 333 g/mol. The summed E-state index contributed by atoms with van der Waals surface area (Å²) < 4.78 is 0. The Morgan fingerprint density at radius 3 is 1.92 bits per heavy atom. The van der Waals surface area contributed by atoms with Crippen LogP contribution in [-0.2, 0) is 4.79 Å². The molecule has 1 heterocycles. The number of likely N-dealkylation sites (tertiary alicyclic amines) is 1. The van der Waals surface area contributed by atoms with Crippen LogP contribution in [0.2, 0.25) is 0 Å². The minimum Gasteiger partial charge on any atom is -0.377 e. The number of carbonyl (C=O) groups is 1. The van der Waals surface area contributed by atoms with Gasteiger partial charge in [0.15, 0.2) is 5.78 Å². The van der Waals surface area contributed by atoms with Crippen LogP contribution in [0, 0.1) is 0 Å². The van der Waals surface area contributed by atoms with E-state index in [4.69, 9.17) is 0 Å². The van der Waals surface area contributed by atoms with Gasteiger partial charge in [-0.3, -0.25) is 4.79 Å². The maximum absolute atomic E-state index is 13.5. The Hall–Kier alpha value is -2.35. The quantitative estimate of drug-likeness (QED) is 0.680. The molecule has 0 saturated carbocycles. The van der Waals surface area contributed by atoms with Crippen LogP contribution in [0.5, 0.6) is 0 Å². The molecule has 0 radical (unpaired) electrons. The van der Waals surface area contributed by atoms with Crippen LogP contribution < -0.4 is 0 Å². The minimum absolute atomic E-state index is 0.224. The van der Waals surface area contributed by atoms with E-state index in [9.17, 15) is 4.79 Å². The highest BCUT2D eigenvalue weighted by molar-refractivity contribution is 6.02. The summed E-state index contributed by atoms with van der Waals surface area (Å²) in [7, 11) is 0. The molecule has 0 atom stereocenters. The highest BCUT2D eigenvalue weighted by atomic mass is 16.1. The van der Waals surface area contributed by atoms with Gasteiger partial charge >= 0.3 is 0 Å². The number of hydrogen-bond acceptors (Lipinski definition) is 2. The summed E-state index contributed by atoms with van der Waals surface area (Å²) in [5.41, 5.74) is 3.06. The third-order valence-electron chi connectivity index (χ3n) is 4.95. The fourth-order valence-corrected chi connectivity index (χ4v) is 3.57. The molecule has 1 fully saturated rings. The third-order valence-corrected chi connectivity index (χ3v) is 4.95. The molecule has 1 saturated heterocycles. The van der Waals surface area contributed by atoms with Gasteiger partial charge in [-0.1, -0.05) is 67.6 Å². The van der Waals surface area contributed by atoms with E-state index in [2.05, 4.69) is 42.3 Å². The Morgan fingerprint density at radius 2 is 1.44 bits per heavy atom. The van der Waals surface area contributed by atoms with Crippen molar-refractivity contribution in [3.8, 4) is 0 Å². The topological polar surface area (TPSA) is 20.3 Å². The van der Waals surface area contributed by atoms with E-state index in [1.54, 1.807) is 0 Å². The van der Waals surface area contributed by atoms with E-state index in [-0.39, 0.29) is 11.7 Å². The normalized spacial score (nSPS) is 15.4. The largest absolute Gasteiger partial charge is 0.377 e. The van der Waals surface area contributed by atoms with E-state index in [1.165, 1.54) is 19.3 Å². The molecular formula is C23H27NO. The number of nitrogens with zero attached hydrogens (tertiary/aromatic N) is 1. The van der Waals surface area contributed by atoms with Gasteiger partial charge in [-0.15, -0.1) is 0 Å². The zero-order valence-electron chi connectivity index (χ0n) is 15.0. The fraction of sp³-hybridized carbons (Fsp3) is 0.348. The molecule has 0 N–H and O–H groups in total. The number of benzene rings is 2. The van der Waals surface area contributed by atoms with E-state index in [0.29, 0.717) is 0 Å². The van der Waals surface area contributed by atoms with Crippen molar-refractivity contribution in [2.45, 2.75) is 38.5 Å². The average Bonchev–Trinajstić information content (AvgIpc) is 2.69. The lowest BCUT2D eigenvalue weighted by atomic mass is 9.84. The van der Waals surface area contributed by atoms with Crippen LogP contribution in [-0.4, -0.2) is 23.8 Å². The summed E-state index contributed by atoms with van der Waals surface area (Å²) in [4.78, 5) is 15.8.